The van der Waals surface area contributed by atoms with Crippen LogP contribution in [-0.4, -0.2) is 76.0 Å². The maximum atomic E-state index is 13.2. The lowest BCUT2D eigenvalue weighted by atomic mass is 9.57. The van der Waals surface area contributed by atoms with E-state index < -0.39 is 0 Å². The van der Waals surface area contributed by atoms with Crippen LogP contribution < -0.4 is 0 Å². The van der Waals surface area contributed by atoms with Crippen molar-refractivity contribution in [3.05, 3.63) is 41.5 Å². The Morgan fingerprint density at radius 3 is 2.75 bits per heavy atom. The fourth-order valence-corrected chi connectivity index (χ4v) is 7.19. The molecular formula is C29H40N2O5. The molecule has 0 amide bonds. The van der Waals surface area contributed by atoms with Crippen LogP contribution in [0.3, 0.4) is 0 Å². The summed E-state index contributed by atoms with van der Waals surface area (Å²) in [5, 5.41) is 0. The first-order valence-corrected chi connectivity index (χ1v) is 13.4. The molecule has 0 N–H and O–H groups in total. The molecule has 2 saturated heterocycles. The van der Waals surface area contributed by atoms with E-state index in [0.717, 1.165) is 50.2 Å². The highest BCUT2D eigenvalue weighted by atomic mass is 16.7. The summed E-state index contributed by atoms with van der Waals surface area (Å²) in [5.74, 6) is -0.0368. The van der Waals surface area contributed by atoms with Crippen molar-refractivity contribution in [3.8, 4) is 0 Å². The number of carbonyl (C=O) groups excluding carboxylic acids is 1. The molecule has 5 rings (SSSR count). The number of esters is 1. The number of benzene rings is 1. The third kappa shape index (κ3) is 4.44. The van der Waals surface area contributed by atoms with Gasteiger partial charge in [0.05, 0.1) is 37.3 Å². The van der Waals surface area contributed by atoms with Gasteiger partial charge in [0.15, 0.2) is 6.29 Å². The second-order valence-corrected chi connectivity index (χ2v) is 10.9. The summed E-state index contributed by atoms with van der Waals surface area (Å²) in [7, 11) is 3.24. The van der Waals surface area contributed by atoms with Crippen molar-refractivity contribution < 1.29 is 23.7 Å². The van der Waals surface area contributed by atoms with Gasteiger partial charge in [0.25, 0.3) is 0 Å². The van der Waals surface area contributed by atoms with Crippen LogP contribution in [0, 0.1) is 17.8 Å². The number of fused-ring (bicyclic) bond motifs is 1. The first-order valence-electron chi connectivity index (χ1n) is 13.4. The first-order chi connectivity index (χ1) is 17.5. The van der Waals surface area contributed by atoms with E-state index in [1.165, 1.54) is 18.2 Å². The maximum absolute atomic E-state index is 13.2. The zero-order valence-electron chi connectivity index (χ0n) is 22.1. The molecule has 4 unspecified atom stereocenters. The topological polar surface area (TPSA) is 69.6 Å². The number of ether oxygens (including phenoxy) is 4. The quantitative estimate of drug-likeness (QED) is 0.376. The third-order valence-electron chi connectivity index (χ3n) is 8.64. The number of carbonyl (C=O) groups is 1. The van der Waals surface area contributed by atoms with Crippen LogP contribution in [0.15, 0.2) is 40.9 Å². The van der Waals surface area contributed by atoms with E-state index in [-0.39, 0.29) is 41.5 Å². The minimum absolute atomic E-state index is 0.172. The zero-order chi connectivity index (χ0) is 25.3. The lowest BCUT2D eigenvalue weighted by Gasteiger charge is -2.49. The summed E-state index contributed by atoms with van der Waals surface area (Å²) < 4.78 is 22.8. The Kier molecular flexibility index (Phi) is 7.63. The Morgan fingerprint density at radius 2 is 2.03 bits per heavy atom. The Labute approximate surface area is 214 Å². The normalized spacial score (nSPS) is 30.3. The van der Waals surface area contributed by atoms with Crippen molar-refractivity contribution in [2.24, 2.45) is 22.7 Å². The standard InChI is InChI=1S/C29H40N2O5/c1-19(2)9-12-31-13-11-29-23-7-5-6-8-24(23)30-25(29)22(27(32)34-4)18-21(26(29)31)17-20(10-14-33-3)28-35-15-16-36-28/h5-9,20-22,26,28H,10-18H2,1-4H3/t20?,21-,22?,26?,29?/m1/s1. The lowest BCUT2D eigenvalue weighted by molar-refractivity contribution is -0.144. The van der Waals surface area contributed by atoms with Crippen LogP contribution in [0.2, 0.25) is 0 Å². The highest BCUT2D eigenvalue weighted by Crippen LogP contribution is 2.58. The summed E-state index contributed by atoms with van der Waals surface area (Å²) in [6.07, 6.45) is 5.58. The molecule has 4 aliphatic rings. The summed E-state index contributed by atoms with van der Waals surface area (Å²) in [5.41, 5.74) is 4.34. The number of para-hydroxylation sites is 1. The van der Waals surface area contributed by atoms with Crippen LogP contribution in [0.1, 0.15) is 45.1 Å². The second kappa shape index (κ2) is 10.7. The van der Waals surface area contributed by atoms with Gasteiger partial charge in [-0.1, -0.05) is 29.8 Å². The van der Waals surface area contributed by atoms with Gasteiger partial charge < -0.3 is 18.9 Å². The van der Waals surface area contributed by atoms with E-state index in [9.17, 15) is 4.79 Å². The summed E-state index contributed by atoms with van der Waals surface area (Å²) >= 11 is 0. The van der Waals surface area contributed by atoms with E-state index in [1.54, 1.807) is 7.11 Å². The van der Waals surface area contributed by atoms with Crippen molar-refractivity contribution in [2.45, 2.75) is 57.3 Å². The molecule has 196 valence electrons. The Morgan fingerprint density at radius 1 is 1.25 bits per heavy atom. The average molecular weight is 497 g/mol. The molecule has 3 aliphatic heterocycles. The number of aliphatic imine (C=N–C) groups is 1. The van der Waals surface area contributed by atoms with Crippen LogP contribution in [0.25, 0.3) is 0 Å². The Balaban J connectivity index is 1.57. The zero-order valence-corrected chi connectivity index (χ0v) is 22.1. The van der Waals surface area contributed by atoms with Crippen LogP contribution in [0.4, 0.5) is 5.69 Å². The molecule has 3 fully saturated rings. The lowest BCUT2D eigenvalue weighted by Crippen LogP contribution is -2.58. The number of likely N-dealkylation sites (tertiary alicyclic amines) is 1. The van der Waals surface area contributed by atoms with E-state index in [4.69, 9.17) is 23.9 Å². The van der Waals surface area contributed by atoms with Gasteiger partial charge in [-0.15, -0.1) is 0 Å². The Bertz CT molecular complexity index is 1010. The van der Waals surface area contributed by atoms with Crippen LogP contribution >= 0.6 is 0 Å². The molecular weight excluding hydrogens is 456 g/mol. The molecule has 3 heterocycles. The van der Waals surface area contributed by atoms with Crippen LogP contribution in [-0.2, 0) is 29.2 Å². The number of allylic oxidation sites excluding steroid dienone is 1. The van der Waals surface area contributed by atoms with Gasteiger partial charge in [-0.25, -0.2) is 0 Å². The predicted molar refractivity (Wildman–Crippen MR) is 139 cm³/mol. The number of rotatable bonds is 9. The maximum Gasteiger partial charge on any atom is 0.314 e. The van der Waals surface area contributed by atoms with Gasteiger partial charge in [-0.05, 0) is 57.1 Å². The number of methoxy groups -OCH3 is 2. The summed E-state index contributed by atoms with van der Waals surface area (Å²) in [6, 6.07) is 8.73. The molecule has 0 aromatic heterocycles. The van der Waals surface area contributed by atoms with Crippen molar-refractivity contribution in [3.63, 3.8) is 0 Å². The molecule has 0 bridgehead atoms. The monoisotopic (exact) mass is 496 g/mol. The fourth-order valence-electron chi connectivity index (χ4n) is 7.19. The number of nitrogens with zero attached hydrogens (tertiary/aromatic N) is 2. The molecule has 1 saturated carbocycles. The molecule has 36 heavy (non-hydrogen) atoms. The minimum atomic E-state index is -0.333. The van der Waals surface area contributed by atoms with Gasteiger partial charge in [0.2, 0.25) is 0 Å². The smallest absolute Gasteiger partial charge is 0.314 e. The number of hydrogen-bond donors (Lipinski definition) is 0. The average Bonchev–Trinajstić information content (AvgIpc) is 3.62. The second-order valence-electron chi connectivity index (χ2n) is 10.9. The van der Waals surface area contributed by atoms with E-state index in [0.29, 0.717) is 19.8 Å². The number of hydrogen-bond acceptors (Lipinski definition) is 7. The van der Waals surface area contributed by atoms with Crippen molar-refractivity contribution in [2.75, 3.05) is 47.1 Å². The van der Waals surface area contributed by atoms with Crippen LogP contribution in [0.5, 0.6) is 0 Å². The Hall–Kier alpha value is -2.06. The molecule has 1 aliphatic carbocycles. The van der Waals surface area contributed by atoms with Gasteiger partial charge in [-0.2, -0.15) is 0 Å². The predicted octanol–water partition coefficient (Wildman–Crippen LogP) is 4.28. The SMILES string of the molecule is COCCC(C[C@@H]1CC(C(=O)OC)C2=Nc3ccccc3C23CCN(CC=C(C)C)C13)C1OCCO1. The van der Waals surface area contributed by atoms with Crippen molar-refractivity contribution in [1.29, 1.82) is 0 Å². The highest BCUT2D eigenvalue weighted by molar-refractivity contribution is 6.13. The minimum Gasteiger partial charge on any atom is -0.469 e. The molecule has 7 nitrogen and oxygen atoms in total. The third-order valence-corrected chi connectivity index (χ3v) is 8.64. The van der Waals surface area contributed by atoms with Crippen molar-refractivity contribution >= 4 is 17.4 Å². The summed E-state index contributed by atoms with van der Waals surface area (Å²) in [6.45, 7) is 8.12. The molecule has 0 radical (unpaired) electrons. The van der Waals surface area contributed by atoms with E-state index in [2.05, 4.69) is 43.0 Å². The van der Waals surface area contributed by atoms with E-state index in [1.807, 2.05) is 6.07 Å². The van der Waals surface area contributed by atoms with Gasteiger partial charge in [0.1, 0.15) is 0 Å². The molecule has 7 heteroatoms. The fraction of sp³-hybridized carbons (Fsp3) is 0.655. The van der Waals surface area contributed by atoms with Gasteiger partial charge in [-0.3, -0.25) is 14.7 Å². The van der Waals surface area contributed by atoms with Gasteiger partial charge in [0, 0.05) is 44.5 Å². The molecule has 1 aromatic rings. The van der Waals surface area contributed by atoms with Gasteiger partial charge >= 0.3 is 5.97 Å². The highest BCUT2D eigenvalue weighted by Gasteiger charge is 2.63. The molecule has 1 aromatic carbocycles. The summed E-state index contributed by atoms with van der Waals surface area (Å²) in [4.78, 5) is 21.0. The largest absolute Gasteiger partial charge is 0.469 e. The molecule has 1 spiro atoms. The first kappa shape index (κ1) is 25.6. The molecule has 5 atom stereocenters. The van der Waals surface area contributed by atoms with E-state index >= 15 is 0 Å². The van der Waals surface area contributed by atoms with Crippen molar-refractivity contribution in [1.82, 2.24) is 4.90 Å².